The van der Waals surface area contributed by atoms with E-state index in [9.17, 15) is 0 Å². The summed E-state index contributed by atoms with van der Waals surface area (Å²) in [6.45, 7) is 0. The molecule has 0 amide bonds. The second-order valence-corrected chi connectivity index (χ2v) is 5.88. The number of nitrogens with one attached hydrogen (secondary N) is 1. The fourth-order valence-electron chi connectivity index (χ4n) is 2.31. The van der Waals surface area contributed by atoms with E-state index >= 15 is 0 Å². The third-order valence-electron chi connectivity index (χ3n) is 3.31. The molecule has 0 unspecified atom stereocenters. The van der Waals surface area contributed by atoms with Crippen LogP contribution in [0.1, 0.15) is 0 Å². The number of aromatic nitrogens is 4. The van der Waals surface area contributed by atoms with Gasteiger partial charge >= 0.3 is 0 Å². The molecule has 0 saturated heterocycles. The van der Waals surface area contributed by atoms with Crippen molar-refractivity contribution in [3.8, 4) is 0 Å². The second-order valence-electron chi connectivity index (χ2n) is 4.82. The third-order valence-corrected chi connectivity index (χ3v) is 4.19. The van der Waals surface area contributed by atoms with Crippen LogP contribution >= 0.6 is 11.8 Å². The van der Waals surface area contributed by atoms with Gasteiger partial charge in [0, 0.05) is 4.90 Å². The van der Waals surface area contributed by atoms with Gasteiger partial charge in [-0.1, -0.05) is 42.1 Å². The quantitative estimate of drug-likeness (QED) is 0.525. The molecule has 0 saturated carbocycles. The molecule has 0 aliphatic carbocycles. The number of hydrogen-bond acceptors (Lipinski definition) is 6. The van der Waals surface area contributed by atoms with E-state index < -0.39 is 0 Å². The Hall–Kier alpha value is -2.80. The SMILES string of the molecule is Nc1nc(N)c2[nH]c(Sc3ccc4ccccc4c3)nc2n1. The molecule has 0 bridgehead atoms. The van der Waals surface area contributed by atoms with Crippen molar-refractivity contribution >= 4 is 45.5 Å². The van der Waals surface area contributed by atoms with Gasteiger partial charge in [-0.25, -0.2) is 4.98 Å². The number of fused-ring (bicyclic) bond motifs is 2. The Morgan fingerprint density at radius 1 is 0.909 bits per heavy atom. The van der Waals surface area contributed by atoms with Crippen molar-refractivity contribution in [1.29, 1.82) is 0 Å². The summed E-state index contributed by atoms with van der Waals surface area (Å²) in [5.74, 6) is 0.430. The number of H-pyrrole nitrogens is 1. The Kier molecular flexibility index (Phi) is 2.87. The van der Waals surface area contributed by atoms with E-state index in [1.807, 2.05) is 12.1 Å². The number of rotatable bonds is 2. The highest BCUT2D eigenvalue weighted by Crippen LogP contribution is 2.30. The fraction of sp³-hybridized carbons (Fsp3) is 0. The summed E-state index contributed by atoms with van der Waals surface area (Å²) in [6, 6.07) is 14.5. The zero-order valence-corrected chi connectivity index (χ0v) is 12.3. The Morgan fingerprint density at radius 3 is 2.59 bits per heavy atom. The Morgan fingerprint density at radius 2 is 1.73 bits per heavy atom. The summed E-state index contributed by atoms with van der Waals surface area (Å²) in [6.07, 6.45) is 0. The van der Waals surface area contributed by atoms with Crippen LogP contribution in [-0.2, 0) is 0 Å². The molecule has 0 spiro atoms. The van der Waals surface area contributed by atoms with E-state index in [0.717, 1.165) is 4.90 Å². The van der Waals surface area contributed by atoms with Crippen LogP contribution in [0.4, 0.5) is 11.8 Å². The second kappa shape index (κ2) is 4.88. The summed E-state index contributed by atoms with van der Waals surface area (Å²) in [5.41, 5.74) is 12.5. The maximum atomic E-state index is 5.83. The van der Waals surface area contributed by atoms with Crippen molar-refractivity contribution in [3.05, 3.63) is 42.5 Å². The van der Waals surface area contributed by atoms with Crippen molar-refractivity contribution in [3.63, 3.8) is 0 Å². The minimum atomic E-state index is 0.124. The zero-order valence-electron chi connectivity index (χ0n) is 11.4. The highest BCUT2D eigenvalue weighted by atomic mass is 32.2. The normalized spacial score (nSPS) is 11.3. The maximum Gasteiger partial charge on any atom is 0.224 e. The molecule has 0 radical (unpaired) electrons. The first-order chi connectivity index (χ1) is 10.7. The molecule has 0 atom stereocenters. The smallest absolute Gasteiger partial charge is 0.224 e. The third kappa shape index (κ3) is 2.21. The number of nitrogens with zero attached hydrogens (tertiary/aromatic N) is 3. The first-order valence-electron chi connectivity index (χ1n) is 6.64. The van der Waals surface area contributed by atoms with Crippen LogP contribution in [0, 0.1) is 0 Å². The van der Waals surface area contributed by atoms with E-state index in [-0.39, 0.29) is 5.95 Å². The van der Waals surface area contributed by atoms with Crippen molar-refractivity contribution in [2.45, 2.75) is 10.1 Å². The topological polar surface area (TPSA) is 106 Å². The lowest BCUT2D eigenvalue weighted by atomic mass is 10.1. The molecule has 0 aliphatic heterocycles. The van der Waals surface area contributed by atoms with Crippen molar-refractivity contribution in [2.24, 2.45) is 0 Å². The molecule has 2 aromatic carbocycles. The van der Waals surface area contributed by atoms with E-state index in [4.69, 9.17) is 11.5 Å². The lowest BCUT2D eigenvalue weighted by Gasteiger charge is -2.01. The number of nitrogen functional groups attached to an aromatic ring is 2. The highest BCUT2D eigenvalue weighted by Gasteiger charge is 2.10. The number of hydrogen-bond donors (Lipinski definition) is 3. The molecule has 4 rings (SSSR count). The van der Waals surface area contributed by atoms with Gasteiger partial charge in [0.1, 0.15) is 5.52 Å². The van der Waals surface area contributed by atoms with E-state index in [2.05, 4.69) is 50.3 Å². The van der Waals surface area contributed by atoms with Gasteiger partial charge in [-0.15, -0.1) is 0 Å². The molecular formula is C15H12N6S. The van der Waals surface area contributed by atoms with Crippen LogP contribution in [0.25, 0.3) is 21.9 Å². The van der Waals surface area contributed by atoms with Gasteiger partial charge in [0.2, 0.25) is 5.95 Å². The van der Waals surface area contributed by atoms with Gasteiger partial charge in [-0.2, -0.15) is 9.97 Å². The number of imidazole rings is 1. The molecule has 0 fully saturated rings. The average molecular weight is 308 g/mol. The van der Waals surface area contributed by atoms with E-state index in [1.54, 1.807) is 0 Å². The van der Waals surface area contributed by atoms with Crippen LogP contribution in [0.5, 0.6) is 0 Å². The summed E-state index contributed by atoms with van der Waals surface area (Å²) in [4.78, 5) is 16.6. The van der Waals surface area contributed by atoms with Crippen LogP contribution in [0.2, 0.25) is 0 Å². The van der Waals surface area contributed by atoms with E-state index in [0.29, 0.717) is 22.1 Å². The Balaban J connectivity index is 1.74. The minimum absolute atomic E-state index is 0.124. The number of anilines is 2. The molecule has 7 heteroatoms. The van der Waals surface area contributed by atoms with Gasteiger partial charge in [-0.05, 0) is 22.9 Å². The largest absolute Gasteiger partial charge is 0.382 e. The minimum Gasteiger partial charge on any atom is -0.382 e. The van der Waals surface area contributed by atoms with Crippen LogP contribution in [0.15, 0.2) is 52.5 Å². The molecule has 0 aliphatic rings. The number of nitrogens with two attached hydrogens (primary N) is 2. The Bertz CT molecular complexity index is 994. The van der Waals surface area contributed by atoms with Gasteiger partial charge in [0.15, 0.2) is 16.6 Å². The van der Waals surface area contributed by atoms with Gasteiger partial charge in [-0.3, -0.25) is 0 Å². The Labute approximate surface area is 130 Å². The zero-order chi connectivity index (χ0) is 15.1. The molecule has 22 heavy (non-hydrogen) atoms. The van der Waals surface area contributed by atoms with Crippen LogP contribution < -0.4 is 11.5 Å². The summed E-state index contributed by atoms with van der Waals surface area (Å²) in [5, 5.41) is 3.10. The predicted molar refractivity (Wildman–Crippen MR) is 88.6 cm³/mol. The molecule has 108 valence electrons. The number of benzene rings is 2. The van der Waals surface area contributed by atoms with Crippen molar-refractivity contribution in [1.82, 2.24) is 19.9 Å². The predicted octanol–water partition coefficient (Wildman–Crippen LogP) is 2.82. The highest BCUT2D eigenvalue weighted by molar-refractivity contribution is 7.99. The molecule has 4 aromatic rings. The maximum absolute atomic E-state index is 5.83. The molecule has 2 heterocycles. The van der Waals surface area contributed by atoms with Gasteiger partial charge in [0.25, 0.3) is 0 Å². The van der Waals surface area contributed by atoms with E-state index in [1.165, 1.54) is 22.5 Å². The summed E-state index contributed by atoms with van der Waals surface area (Å²) < 4.78 is 0. The molecular weight excluding hydrogens is 296 g/mol. The van der Waals surface area contributed by atoms with Gasteiger partial charge in [0.05, 0.1) is 0 Å². The first-order valence-corrected chi connectivity index (χ1v) is 7.46. The standard InChI is InChI=1S/C15H12N6S/c16-12-11-13(20-14(17)19-12)21-15(18-11)22-10-6-5-8-3-1-2-4-9(8)7-10/h1-7H,(H5,16,17,18,19,20,21). The summed E-state index contributed by atoms with van der Waals surface area (Å²) in [7, 11) is 0. The first kappa shape index (κ1) is 12.9. The van der Waals surface area contributed by atoms with Gasteiger partial charge < -0.3 is 16.5 Å². The molecule has 2 aromatic heterocycles. The lowest BCUT2D eigenvalue weighted by molar-refractivity contribution is 1.07. The lowest BCUT2D eigenvalue weighted by Crippen LogP contribution is -1.99. The summed E-state index contributed by atoms with van der Waals surface area (Å²) >= 11 is 1.51. The van der Waals surface area contributed by atoms with Crippen LogP contribution in [0.3, 0.4) is 0 Å². The fourth-order valence-corrected chi connectivity index (χ4v) is 3.14. The van der Waals surface area contributed by atoms with Crippen molar-refractivity contribution in [2.75, 3.05) is 11.5 Å². The molecule has 5 N–H and O–H groups in total. The van der Waals surface area contributed by atoms with Crippen LogP contribution in [-0.4, -0.2) is 19.9 Å². The monoisotopic (exact) mass is 308 g/mol. The van der Waals surface area contributed by atoms with Crippen molar-refractivity contribution < 1.29 is 0 Å². The number of aromatic amines is 1. The average Bonchev–Trinajstić information content (AvgIpc) is 2.90. The molecule has 6 nitrogen and oxygen atoms in total.